The summed E-state index contributed by atoms with van der Waals surface area (Å²) in [5.41, 5.74) is -1.56. The number of rotatable bonds is 6. The summed E-state index contributed by atoms with van der Waals surface area (Å²) in [6.07, 6.45) is -4.98. The van der Waals surface area contributed by atoms with Crippen molar-refractivity contribution in [2.75, 3.05) is 11.9 Å². The lowest BCUT2D eigenvalue weighted by atomic mass is 10.1. The van der Waals surface area contributed by atoms with E-state index in [0.717, 1.165) is 0 Å². The monoisotopic (exact) mass is 340 g/mol. The number of alkyl halides is 3. The highest BCUT2D eigenvalue weighted by atomic mass is 19.4. The van der Waals surface area contributed by atoms with E-state index in [1.807, 2.05) is 5.32 Å². The summed E-state index contributed by atoms with van der Waals surface area (Å²) in [6.45, 7) is 0.384. The molecule has 1 aromatic carbocycles. The zero-order valence-corrected chi connectivity index (χ0v) is 11.8. The molecule has 0 bridgehead atoms. The predicted octanol–water partition coefficient (Wildman–Crippen LogP) is 2.53. The van der Waals surface area contributed by atoms with Crippen LogP contribution >= 0.6 is 0 Å². The average Bonchev–Trinajstić information content (AvgIpc) is 2.40. The van der Waals surface area contributed by atoms with Crippen LogP contribution in [0.5, 0.6) is 0 Å². The van der Waals surface area contributed by atoms with Gasteiger partial charge in [-0.1, -0.05) is 6.92 Å². The minimum atomic E-state index is -4.61. The van der Waals surface area contributed by atoms with Crippen LogP contribution in [0.25, 0.3) is 0 Å². The maximum absolute atomic E-state index is 13.8. The van der Waals surface area contributed by atoms with Gasteiger partial charge in [0.05, 0.1) is 0 Å². The van der Waals surface area contributed by atoms with Crippen molar-refractivity contribution < 1.29 is 36.6 Å². The summed E-state index contributed by atoms with van der Waals surface area (Å²) in [7, 11) is 0. The molecule has 0 saturated heterocycles. The summed E-state index contributed by atoms with van der Waals surface area (Å²) in [6, 6.07) is -0.937. The second-order valence-electron chi connectivity index (χ2n) is 4.54. The van der Waals surface area contributed by atoms with E-state index in [2.05, 4.69) is 0 Å². The number of amides is 1. The zero-order valence-electron chi connectivity index (χ0n) is 11.8. The summed E-state index contributed by atoms with van der Waals surface area (Å²) in [4.78, 5) is 21.8. The number of benzene rings is 1. The average molecular weight is 340 g/mol. The lowest BCUT2D eigenvalue weighted by Gasteiger charge is -2.21. The van der Waals surface area contributed by atoms with Gasteiger partial charge in [0.25, 0.3) is 5.91 Å². The third kappa shape index (κ3) is 5.08. The molecule has 0 unspecified atom stereocenters. The van der Waals surface area contributed by atoms with E-state index in [1.165, 1.54) is 6.92 Å². The van der Waals surface area contributed by atoms with Crippen molar-refractivity contribution in [3.8, 4) is 0 Å². The van der Waals surface area contributed by atoms with Crippen LogP contribution in [0.2, 0.25) is 0 Å². The SMILES string of the molecule is CC[C@@H](Nc1cc(F)c(C(=O)NCC(=O)O)c(F)c1)C(F)(F)F. The highest BCUT2D eigenvalue weighted by Crippen LogP contribution is 2.27. The molecular formula is C13H13F5N2O3. The Balaban J connectivity index is 3.01. The lowest BCUT2D eigenvalue weighted by molar-refractivity contribution is -0.142. The van der Waals surface area contributed by atoms with Crippen molar-refractivity contribution >= 4 is 17.6 Å². The number of carboxylic acid groups (broad SMARTS) is 1. The van der Waals surface area contributed by atoms with Crippen LogP contribution < -0.4 is 10.6 Å². The Kier molecular flexibility index (Phi) is 5.88. The van der Waals surface area contributed by atoms with Gasteiger partial charge in [-0.25, -0.2) is 8.78 Å². The largest absolute Gasteiger partial charge is 0.480 e. The number of aliphatic carboxylic acids is 1. The number of halogens is 5. The Morgan fingerprint density at radius 2 is 1.74 bits per heavy atom. The van der Waals surface area contributed by atoms with Gasteiger partial charge >= 0.3 is 12.1 Å². The first kappa shape index (κ1) is 18.7. The van der Waals surface area contributed by atoms with Crippen LogP contribution in [0.4, 0.5) is 27.6 Å². The highest BCUT2D eigenvalue weighted by molar-refractivity contribution is 5.96. The van der Waals surface area contributed by atoms with Crippen molar-refractivity contribution in [2.45, 2.75) is 25.6 Å². The minimum Gasteiger partial charge on any atom is -0.480 e. The molecule has 1 aromatic rings. The molecular weight excluding hydrogens is 327 g/mol. The van der Waals surface area contributed by atoms with Gasteiger partial charge in [0.1, 0.15) is 29.8 Å². The third-order valence-electron chi connectivity index (χ3n) is 2.81. The van der Waals surface area contributed by atoms with Gasteiger partial charge in [-0.15, -0.1) is 0 Å². The van der Waals surface area contributed by atoms with Crippen LogP contribution in [-0.4, -0.2) is 35.7 Å². The van der Waals surface area contributed by atoms with E-state index in [9.17, 15) is 31.5 Å². The highest BCUT2D eigenvalue weighted by Gasteiger charge is 2.38. The normalized spacial score (nSPS) is 12.6. The molecule has 0 radical (unpaired) electrons. The lowest BCUT2D eigenvalue weighted by Crippen LogP contribution is -2.35. The number of carbonyl (C=O) groups is 2. The van der Waals surface area contributed by atoms with E-state index >= 15 is 0 Å². The Bertz CT molecular complexity index is 581. The van der Waals surface area contributed by atoms with Crippen LogP contribution in [0, 0.1) is 11.6 Å². The second-order valence-corrected chi connectivity index (χ2v) is 4.54. The molecule has 0 saturated carbocycles. The van der Waals surface area contributed by atoms with E-state index in [4.69, 9.17) is 5.11 Å². The number of carboxylic acids is 1. The van der Waals surface area contributed by atoms with Gasteiger partial charge in [0, 0.05) is 5.69 Å². The molecule has 10 heteroatoms. The Labute approximate surface area is 127 Å². The van der Waals surface area contributed by atoms with E-state index < -0.39 is 53.5 Å². The minimum absolute atomic E-state index is 0.367. The molecule has 5 nitrogen and oxygen atoms in total. The van der Waals surface area contributed by atoms with Gasteiger partial charge in [-0.05, 0) is 18.6 Å². The Morgan fingerprint density at radius 1 is 1.22 bits per heavy atom. The molecule has 0 aliphatic heterocycles. The van der Waals surface area contributed by atoms with Gasteiger partial charge in [-0.2, -0.15) is 13.2 Å². The maximum atomic E-state index is 13.8. The first-order chi connectivity index (χ1) is 10.6. The van der Waals surface area contributed by atoms with Crippen LogP contribution in [0.1, 0.15) is 23.7 Å². The summed E-state index contributed by atoms with van der Waals surface area (Å²) < 4.78 is 65.4. The molecule has 128 valence electrons. The second kappa shape index (κ2) is 7.25. The van der Waals surface area contributed by atoms with E-state index in [-0.39, 0.29) is 6.42 Å². The summed E-state index contributed by atoms with van der Waals surface area (Å²) >= 11 is 0. The molecule has 0 spiro atoms. The molecule has 0 fully saturated rings. The number of carbonyl (C=O) groups excluding carboxylic acids is 1. The first-order valence-electron chi connectivity index (χ1n) is 6.38. The molecule has 0 aromatic heterocycles. The van der Waals surface area contributed by atoms with Gasteiger partial charge in [0.2, 0.25) is 0 Å². The fraction of sp³-hybridized carbons (Fsp3) is 0.385. The van der Waals surface area contributed by atoms with Crippen LogP contribution in [0.15, 0.2) is 12.1 Å². The van der Waals surface area contributed by atoms with Crippen molar-refractivity contribution in [3.63, 3.8) is 0 Å². The molecule has 1 atom stereocenters. The van der Waals surface area contributed by atoms with Gasteiger partial charge < -0.3 is 15.7 Å². The van der Waals surface area contributed by atoms with Crippen molar-refractivity contribution in [2.24, 2.45) is 0 Å². The van der Waals surface area contributed by atoms with E-state index in [1.54, 1.807) is 5.32 Å². The fourth-order valence-electron chi connectivity index (χ4n) is 1.73. The maximum Gasteiger partial charge on any atom is 0.408 e. The van der Waals surface area contributed by atoms with Crippen molar-refractivity contribution in [1.82, 2.24) is 5.32 Å². The molecule has 0 aliphatic rings. The molecule has 1 amide bonds. The van der Waals surface area contributed by atoms with Gasteiger partial charge in [-0.3, -0.25) is 9.59 Å². The molecule has 1 rings (SSSR count). The van der Waals surface area contributed by atoms with Gasteiger partial charge in [0.15, 0.2) is 0 Å². The van der Waals surface area contributed by atoms with Crippen LogP contribution in [0.3, 0.4) is 0 Å². The zero-order chi connectivity index (χ0) is 17.8. The number of nitrogens with one attached hydrogen (secondary N) is 2. The molecule has 23 heavy (non-hydrogen) atoms. The molecule has 0 aliphatic carbocycles. The predicted molar refractivity (Wildman–Crippen MR) is 70.1 cm³/mol. The number of anilines is 1. The quantitative estimate of drug-likeness (QED) is 0.696. The summed E-state index contributed by atoms with van der Waals surface area (Å²) in [5.74, 6) is -5.56. The standard InChI is InChI=1S/C13H13F5N2O3/c1-2-9(13(16,17)18)20-6-3-7(14)11(8(15)4-6)12(23)19-5-10(21)22/h3-4,9,20H,2,5H2,1H3,(H,19,23)(H,21,22)/t9-/m1/s1. The fourth-order valence-corrected chi connectivity index (χ4v) is 1.73. The smallest absolute Gasteiger partial charge is 0.408 e. The number of hydrogen-bond acceptors (Lipinski definition) is 3. The van der Waals surface area contributed by atoms with Crippen molar-refractivity contribution in [3.05, 3.63) is 29.3 Å². The molecule has 0 heterocycles. The van der Waals surface area contributed by atoms with Crippen LogP contribution in [-0.2, 0) is 4.79 Å². The number of hydrogen-bond donors (Lipinski definition) is 3. The Hall–Kier alpha value is -2.39. The topological polar surface area (TPSA) is 78.4 Å². The third-order valence-corrected chi connectivity index (χ3v) is 2.81. The van der Waals surface area contributed by atoms with E-state index in [0.29, 0.717) is 12.1 Å². The Morgan fingerprint density at radius 3 is 2.13 bits per heavy atom. The summed E-state index contributed by atoms with van der Waals surface area (Å²) in [5, 5.41) is 12.1. The molecule has 3 N–H and O–H groups in total. The first-order valence-corrected chi connectivity index (χ1v) is 6.38. The van der Waals surface area contributed by atoms with Crippen molar-refractivity contribution in [1.29, 1.82) is 0 Å².